The van der Waals surface area contributed by atoms with Crippen LogP contribution in [0.15, 0.2) is 18.3 Å². The van der Waals surface area contributed by atoms with Crippen LogP contribution in [0.1, 0.15) is 18.5 Å². The summed E-state index contributed by atoms with van der Waals surface area (Å²) in [7, 11) is -3.22. The van der Waals surface area contributed by atoms with E-state index in [0.717, 1.165) is 37.3 Å². The summed E-state index contributed by atoms with van der Waals surface area (Å²) in [6, 6.07) is 3.66. The summed E-state index contributed by atoms with van der Waals surface area (Å²) in [6.45, 7) is 2.39. The van der Waals surface area contributed by atoms with E-state index in [1.165, 1.54) is 10.6 Å². The monoisotopic (exact) mass is 267 g/mol. The van der Waals surface area contributed by atoms with Gasteiger partial charge in [-0.25, -0.2) is 8.42 Å². The lowest BCUT2D eigenvalue weighted by atomic mass is 9.77. The molecule has 1 fully saturated rings. The average molecular weight is 267 g/mol. The first kappa shape index (κ1) is 11.9. The van der Waals surface area contributed by atoms with E-state index >= 15 is 0 Å². The zero-order chi connectivity index (χ0) is 12.8. The van der Waals surface area contributed by atoms with Gasteiger partial charge in [0, 0.05) is 18.2 Å². The summed E-state index contributed by atoms with van der Waals surface area (Å²) in [5.74, 6) is 0. The Hall–Kier alpha value is -1.14. The Bertz CT molecular complexity index is 564. The molecule has 5 nitrogen and oxygen atoms in total. The largest absolute Gasteiger partial charge is 0.317 e. The van der Waals surface area contributed by atoms with E-state index in [1.807, 2.05) is 6.07 Å². The van der Waals surface area contributed by atoms with Crippen molar-refractivity contribution in [3.05, 3.63) is 24.0 Å². The number of hydrogen-bond donors (Lipinski definition) is 1. The Labute approximate surface area is 107 Å². The molecule has 2 aliphatic rings. The predicted octanol–water partition coefficient (Wildman–Crippen LogP) is 0.482. The standard InChI is InChI=1S/C12H17N3O2S/c1-18(16,17)15-9-12(4-7-13-8-5-12)11-10(15)3-2-6-14-11/h2-3,6,13H,4-5,7-9H2,1H3. The number of piperidine rings is 1. The Morgan fingerprint density at radius 1 is 1.39 bits per heavy atom. The number of pyridine rings is 1. The van der Waals surface area contributed by atoms with Crippen LogP contribution in [0, 0.1) is 0 Å². The molecule has 0 aromatic carbocycles. The second kappa shape index (κ2) is 3.93. The van der Waals surface area contributed by atoms with Gasteiger partial charge in [-0.15, -0.1) is 0 Å². The van der Waals surface area contributed by atoms with E-state index in [0.29, 0.717) is 6.54 Å². The highest BCUT2D eigenvalue weighted by molar-refractivity contribution is 7.92. The second-order valence-electron chi connectivity index (χ2n) is 5.17. The number of nitrogens with one attached hydrogen (secondary N) is 1. The van der Waals surface area contributed by atoms with Crippen molar-refractivity contribution >= 4 is 15.7 Å². The van der Waals surface area contributed by atoms with Crippen LogP contribution >= 0.6 is 0 Å². The van der Waals surface area contributed by atoms with Crippen LogP contribution in [0.4, 0.5) is 5.69 Å². The number of fused-ring (bicyclic) bond motifs is 2. The fraction of sp³-hybridized carbons (Fsp3) is 0.583. The van der Waals surface area contributed by atoms with Gasteiger partial charge in [-0.2, -0.15) is 0 Å². The smallest absolute Gasteiger partial charge is 0.232 e. The molecule has 98 valence electrons. The zero-order valence-electron chi connectivity index (χ0n) is 10.4. The van der Waals surface area contributed by atoms with Crippen LogP contribution in [-0.4, -0.2) is 39.3 Å². The molecule has 1 saturated heterocycles. The van der Waals surface area contributed by atoms with Crippen LogP contribution in [-0.2, 0) is 15.4 Å². The Balaban J connectivity index is 2.12. The molecule has 3 heterocycles. The summed E-state index contributed by atoms with van der Waals surface area (Å²) in [4.78, 5) is 4.47. The maximum atomic E-state index is 11.9. The summed E-state index contributed by atoms with van der Waals surface area (Å²) in [5.41, 5.74) is 1.63. The molecular formula is C12H17N3O2S. The van der Waals surface area contributed by atoms with Crippen molar-refractivity contribution in [1.82, 2.24) is 10.3 Å². The minimum Gasteiger partial charge on any atom is -0.317 e. The molecule has 1 N–H and O–H groups in total. The molecule has 1 aromatic heterocycles. The maximum Gasteiger partial charge on any atom is 0.232 e. The van der Waals surface area contributed by atoms with Gasteiger partial charge in [0.05, 0.1) is 17.6 Å². The number of aromatic nitrogens is 1. The van der Waals surface area contributed by atoms with E-state index < -0.39 is 10.0 Å². The SMILES string of the molecule is CS(=O)(=O)N1CC2(CCNCC2)c2ncccc21. The number of sulfonamides is 1. The van der Waals surface area contributed by atoms with Gasteiger partial charge in [0.25, 0.3) is 0 Å². The number of anilines is 1. The van der Waals surface area contributed by atoms with Crippen LogP contribution in [0.25, 0.3) is 0 Å². The van der Waals surface area contributed by atoms with E-state index in [2.05, 4.69) is 10.3 Å². The van der Waals surface area contributed by atoms with Crippen molar-refractivity contribution in [3.63, 3.8) is 0 Å². The van der Waals surface area contributed by atoms with Crippen molar-refractivity contribution < 1.29 is 8.42 Å². The molecule has 0 bridgehead atoms. The third-order valence-electron chi connectivity index (χ3n) is 3.96. The van der Waals surface area contributed by atoms with Crippen molar-refractivity contribution in [2.45, 2.75) is 18.3 Å². The van der Waals surface area contributed by atoms with E-state index in [-0.39, 0.29) is 5.41 Å². The van der Waals surface area contributed by atoms with Gasteiger partial charge in [-0.05, 0) is 38.1 Å². The fourth-order valence-electron chi connectivity index (χ4n) is 3.04. The minimum atomic E-state index is -3.22. The normalized spacial score (nSPS) is 22.2. The van der Waals surface area contributed by atoms with Crippen molar-refractivity contribution in [2.24, 2.45) is 0 Å². The van der Waals surface area contributed by atoms with Gasteiger partial charge in [0.15, 0.2) is 0 Å². The highest BCUT2D eigenvalue weighted by Crippen LogP contribution is 2.45. The quantitative estimate of drug-likeness (QED) is 0.804. The third kappa shape index (κ3) is 1.71. The van der Waals surface area contributed by atoms with E-state index in [1.54, 1.807) is 12.3 Å². The van der Waals surface area contributed by atoms with Crippen LogP contribution in [0.3, 0.4) is 0 Å². The van der Waals surface area contributed by atoms with Gasteiger partial charge >= 0.3 is 0 Å². The summed E-state index contributed by atoms with van der Waals surface area (Å²) in [5, 5.41) is 3.32. The molecule has 6 heteroatoms. The molecular weight excluding hydrogens is 250 g/mol. The highest BCUT2D eigenvalue weighted by atomic mass is 32.2. The van der Waals surface area contributed by atoms with Crippen molar-refractivity contribution in [1.29, 1.82) is 0 Å². The lowest BCUT2D eigenvalue weighted by Crippen LogP contribution is -2.44. The van der Waals surface area contributed by atoms with Gasteiger partial charge in [-0.3, -0.25) is 9.29 Å². The first-order valence-electron chi connectivity index (χ1n) is 6.17. The number of hydrogen-bond acceptors (Lipinski definition) is 4. The molecule has 0 unspecified atom stereocenters. The fourth-order valence-corrected chi connectivity index (χ4v) is 4.02. The summed E-state index contributed by atoms with van der Waals surface area (Å²) >= 11 is 0. The molecule has 1 spiro atoms. The van der Waals surface area contributed by atoms with Gasteiger partial charge in [-0.1, -0.05) is 0 Å². The summed E-state index contributed by atoms with van der Waals surface area (Å²) < 4.78 is 25.3. The van der Waals surface area contributed by atoms with E-state index in [4.69, 9.17) is 0 Å². The maximum absolute atomic E-state index is 11.9. The van der Waals surface area contributed by atoms with Crippen LogP contribution < -0.4 is 9.62 Å². The molecule has 0 saturated carbocycles. The lowest BCUT2D eigenvalue weighted by Gasteiger charge is -2.33. The molecule has 2 aliphatic heterocycles. The molecule has 0 atom stereocenters. The van der Waals surface area contributed by atoms with Crippen molar-refractivity contribution in [2.75, 3.05) is 30.2 Å². The topological polar surface area (TPSA) is 62.3 Å². The Morgan fingerprint density at radius 2 is 2.11 bits per heavy atom. The average Bonchev–Trinajstić information content (AvgIpc) is 2.66. The first-order chi connectivity index (χ1) is 8.53. The molecule has 0 radical (unpaired) electrons. The minimum absolute atomic E-state index is 0.0923. The van der Waals surface area contributed by atoms with Crippen molar-refractivity contribution in [3.8, 4) is 0 Å². The lowest BCUT2D eigenvalue weighted by molar-refractivity contribution is 0.324. The first-order valence-corrected chi connectivity index (χ1v) is 8.02. The highest BCUT2D eigenvalue weighted by Gasteiger charge is 2.47. The molecule has 18 heavy (non-hydrogen) atoms. The molecule has 3 rings (SSSR count). The Morgan fingerprint density at radius 3 is 2.78 bits per heavy atom. The zero-order valence-corrected chi connectivity index (χ0v) is 11.2. The predicted molar refractivity (Wildman–Crippen MR) is 70.2 cm³/mol. The summed E-state index contributed by atoms with van der Waals surface area (Å²) in [6.07, 6.45) is 4.92. The van der Waals surface area contributed by atoms with Crippen LogP contribution in [0.2, 0.25) is 0 Å². The molecule has 0 aliphatic carbocycles. The van der Waals surface area contributed by atoms with Gasteiger partial charge in [0.2, 0.25) is 10.0 Å². The molecule has 1 aromatic rings. The second-order valence-corrected chi connectivity index (χ2v) is 7.08. The van der Waals surface area contributed by atoms with E-state index in [9.17, 15) is 8.42 Å². The molecule has 0 amide bonds. The van der Waals surface area contributed by atoms with Gasteiger partial charge in [0.1, 0.15) is 0 Å². The number of nitrogens with zero attached hydrogens (tertiary/aromatic N) is 2. The number of rotatable bonds is 1. The van der Waals surface area contributed by atoms with Gasteiger partial charge < -0.3 is 5.32 Å². The van der Waals surface area contributed by atoms with Crippen LogP contribution in [0.5, 0.6) is 0 Å². The third-order valence-corrected chi connectivity index (χ3v) is 5.09. The Kier molecular flexibility index (Phi) is 2.60.